The maximum atomic E-state index is 12.4. The molecule has 0 amide bonds. The molecule has 94 valence electrons. The van der Waals surface area contributed by atoms with Crippen molar-refractivity contribution in [2.24, 2.45) is 0 Å². The van der Waals surface area contributed by atoms with E-state index in [2.05, 4.69) is 0 Å². The van der Waals surface area contributed by atoms with Crippen molar-refractivity contribution in [3.05, 3.63) is 39.0 Å². The molecule has 0 bridgehead atoms. The van der Waals surface area contributed by atoms with Gasteiger partial charge in [0.2, 0.25) is 9.84 Å². The summed E-state index contributed by atoms with van der Waals surface area (Å²) in [4.78, 5) is 0.0732. The minimum atomic E-state index is -3.67. The zero-order chi connectivity index (χ0) is 13.2. The summed E-state index contributed by atoms with van der Waals surface area (Å²) in [6.45, 7) is 1.89. The third-order valence-corrected chi connectivity index (χ3v) is 7.14. The monoisotopic (exact) mass is 297 g/mol. The fourth-order valence-corrected chi connectivity index (χ4v) is 5.80. The molecular weight excluding hydrogens is 286 g/mol. The van der Waals surface area contributed by atoms with Crippen molar-refractivity contribution >= 4 is 33.4 Å². The predicted octanol–water partition coefficient (Wildman–Crippen LogP) is 2.94. The number of sulfone groups is 1. The lowest BCUT2D eigenvalue weighted by Gasteiger charge is -2.05. The van der Waals surface area contributed by atoms with Crippen LogP contribution in [0.5, 0.6) is 0 Å². The summed E-state index contributed by atoms with van der Waals surface area (Å²) in [6.07, 6.45) is 0. The predicted molar refractivity (Wildman–Crippen MR) is 75.9 cm³/mol. The van der Waals surface area contributed by atoms with E-state index in [9.17, 15) is 8.42 Å². The molecule has 3 nitrogen and oxygen atoms in total. The first-order valence-electron chi connectivity index (χ1n) is 5.27. The first kappa shape index (κ1) is 13.5. The molecule has 6 heteroatoms. The first-order valence-corrected chi connectivity index (χ1v) is 8.73. The molecule has 1 aliphatic heterocycles. The van der Waals surface area contributed by atoms with Crippen LogP contribution in [0.15, 0.2) is 38.3 Å². The number of aryl methyl sites for hydroxylation is 1. The summed E-state index contributed by atoms with van der Waals surface area (Å²) >= 11 is 2.88. The lowest BCUT2D eigenvalue weighted by atomic mass is 10.2. The number of nitriles is 1. The number of benzene rings is 1. The van der Waals surface area contributed by atoms with Gasteiger partial charge in [-0.1, -0.05) is 17.7 Å². The van der Waals surface area contributed by atoms with Crippen LogP contribution in [0.3, 0.4) is 0 Å². The van der Waals surface area contributed by atoms with Crippen molar-refractivity contribution in [3.63, 3.8) is 0 Å². The Kier molecular flexibility index (Phi) is 4.05. The molecule has 1 heterocycles. The van der Waals surface area contributed by atoms with Crippen molar-refractivity contribution in [2.45, 2.75) is 11.8 Å². The second-order valence-corrected chi connectivity index (χ2v) is 8.10. The highest BCUT2D eigenvalue weighted by molar-refractivity contribution is 8.25. The number of hydrogen-bond donors (Lipinski definition) is 0. The van der Waals surface area contributed by atoms with Crippen molar-refractivity contribution in [2.75, 3.05) is 11.5 Å². The second kappa shape index (κ2) is 5.39. The van der Waals surface area contributed by atoms with Crippen molar-refractivity contribution < 1.29 is 8.42 Å². The second-order valence-electron chi connectivity index (χ2n) is 3.74. The van der Waals surface area contributed by atoms with E-state index in [4.69, 9.17) is 5.26 Å². The molecule has 0 aliphatic carbocycles. The van der Waals surface area contributed by atoms with Crippen LogP contribution in [0.25, 0.3) is 0 Å². The van der Waals surface area contributed by atoms with E-state index >= 15 is 0 Å². The van der Waals surface area contributed by atoms with Gasteiger partial charge in [0.15, 0.2) is 4.91 Å². The zero-order valence-corrected chi connectivity index (χ0v) is 12.2. The van der Waals surface area contributed by atoms with Crippen LogP contribution in [-0.2, 0) is 9.84 Å². The molecule has 1 aliphatic rings. The topological polar surface area (TPSA) is 57.9 Å². The minimum Gasteiger partial charge on any atom is -0.218 e. The standard InChI is InChI=1S/C12H11NO2S3/c1-9-2-4-10(5-3-9)18(14,15)11(8-13)12-16-6-7-17-12/h2-5H,6-7H2,1H3. The third kappa shape index (κ3) is 2.58. The Morgan fingerprint density at radius 3 is 2.28 bits per heavy atom. The molecular formula is C12H11NO2S3. The van der Waals surface area contributed by atoms with Gasteiger partial charge in [0.05, 0.1) is 9.13 Å². The van der Waals surface area contributed by atoms with E-state index < -0.39 is 9.84 Å². The van der Waals surface area contributed by atoms with Gasteiger partial charge in [-0.2, -0.15) is 5.26 Å². The molecule has 18 heavy (non-hydrogen) atoms. The Hall–Kier alpha value is -0.900. The van der Waals surface area contributed by atoms with Crippen LogP contribution in [0.1, 0.15) is 5.56 Å². The highest BCUT2D eigenvalue weighted by atomic mass is 32.2. The molecule has 0 aromatic heterocycles. The zero-order valence-electron chi connectivity index (χ0n) is 9.71. The maximum absolute atomic E-state index is 12.4. The fourth-order valence-electron chi connectivity index (χ4n) is 1.49. The van der Waals surface area contributed by atoms with Gasteiger partial charge in [-0.15, -0.1) is 23.5 Å². The van der Waals surface area contributed by atoms with Gasteiger partial charge in [-0.3, -0.25) is 0 Å². The van der Waals surface area contributed by atoms with E-state index in [0.717, 1.165) is 17.1 Å². The van der Waals surface area contributed by atoms with Gasteiger partial charge in [0.25, 0.3) is 0 Å². The number of hydrogen-bond acceptors (Lipinski definition) is 5. The highest BCUT2D eigenvalue weighted by Crippen LogP contribution is 2.41. The molecule has 0 unspecified atom stereocenters. The number of nitrogens with zero attached hydrogens (tertiary/aromatic N) is 1. The van der Waals surface area contributed by atoms with E-state index in [1.54, 1.807) is 24.3 Å². The minimum absolute atomic E-state index is 0.112. The molecule has 2 rings (SSSR count). The average molecular weight is 297 g/mol. The summed E-state index contributed by atoms with van der Waals surface area (Å²) < 4.78 is 25.3. The van der Waals surface area contributed by atoms with E-state index in [1.807, 2.05) is 13.0 Å². The van der Waals surface area contributed by atoms with Gasteiger partial charge in [-0.25, -0.2) is 8.42 Å². The lowest BCUT2D eigenvalue weighted by Crippen LogP contribution is -2.04. The van der Waals surface area contributed by atoms with Gasteiger partial charge in [0, 0.05) is 11.5 Å². The molecule has 0 radical (unpaired) electrons. The van der Waals surface area contributed by atoms with Crippen LogP contribution >= 0.6 is 23.5 Å². The Labute approximate surface area is 115 Å². The SMILES string of the molecule is Cc1ccc(S(=O)(=O)C(C#N)=C2SCCS2)cc1. The molecule has 0 N–H and O–H groups in total. The van der Waals surface area contributed by atoms with E-state index in [-0.39, 0.29) is 9.80 Å². The van der Waals surface area contributed by atoms with Crippen molar-refractivity contribution in [3.8, 4) is 6.07 Å². The quantitative estimate of drug-likeness (QED) is 0.786. The fraction of sp³-hybridized carbons (Fsp3) is 0.250. The van der Waals surface area contributed by atoms with E-state index in [1.165, 1.54) is 23.5 Å². The summed E-state index contributed by atoms with van der Waals surface area (Å²) in [5, 5.41) is 9.12. The summed E-state index contributed by atoms with van der Waals surface area (Å²) in [5.41, 5.74) is 0.990. The molecule has 1 aromatic carbocycles. The number of thioether (sulfide) groups is 2. The van der Waals surface area contributed by atoms with Gasteiger partial charge >= 0.3 is 0 Å². The van der Waals surface area contributed by atoms with Crippen LogP contribution in [0.4, 0.5) is 0 Å². The molecule has 0 saturated carbocycles. The largest absolute Gasteiger partial charge is 0.218 e. The van der Waals surface area contributed by atoms with Gasteiger partial charge in [-0.05, 0) is 19.1 Å². The molecule has 1 saturated heterocycles. The van der Waals surface area contributed by atoms with Crippen LogP contribution < -0.4 is 0 Å². The lowest BCUT2D eigenvalue weighted by molar-refractivity contribution is 0.603. The maximum Gasteiger partial charge on any atom is 0.218 e. The number of rotatable bonds is 2. The molecule has 0 spiro atoms. The van der Waals surface area contributed by atoms with Crippen LogP contribution in [0, 0.1) is 18.3 Å². The first-order chi connectivity index (χ1) is 8.55. The smallest absolute Gasteiger partial charge is 0.218 e. The average Bonchev–Trinajstić information content (AvgIpc) is 2.84. The Balaban J connectivity index is 2.51. The van der Waals surface area contributed by atoms with Crippen molar-refractivity contribution in [1.82, 2.24) is 0 Å². The van der Waals surface area contributed by atoms with Gasteiger partial charge < -0.3 is 0 Å². The number of allylic oxidation sites excluding steroid dienone is 1. The normalized spacial score (nSPS) is 15.4. The molecule has 1 fully saturated rings. The Morgan fingerprint density at radius 1 is 1.22 bits per heavy atom. The summed E-state index contributed by atoms with van der Waals surface area (Å²) in [7, 11) is -3.67. The van der Waals surface area contributed by atoms with Crippen molar-refractivity contribution in [1.29, 1.82) is 5.26 Å². The van der Waals surface area contributed by atoms with Crippen LogP contribution in [-0.4, -0.2) is 19.9 Å². The van der Waals surface area contributed by atoms with Gasteiger partial charge in [0.1, 0.15) is 6.07 Å². The highest BCUT2D eigenvalue weighted by Gasteiger charge is 2.27. The molecule has 1 aromatic rings. The Morgan fingerprint density at radius 2 is 1.78 bits per heavy atom. The van der Waals surface area contributed by atoms with E-state index in [0.29, 0.717) is 4.24 Å². The Bertz CT molecular complexity index is 616. The third-order valence-electron chi connectivity index (χ3n) is 2.44. The van der Waals surface area contributed by atoms with Crippen LogP contribution in [0.2, 0.25) is 0 Å². The molecule has 0 atom stereocenters. The summed E-state index contributed by atoms with van der Waals surface area (Å²) in [6, 6.07) is 8.42. The summed E-state index contributed by atoms with van der Waals surface area (Å²) in [5.74, 6) is 1.71.